The molecule has 3 aliphatic heterocycles. The molecule has 2 saturated heterocycles. The molecule has 3 N–H and O–H groups in total. The van der Waals surface area contributed by atoms with Crippen LogP contribution in [0, 0.1) is 5.92 Å². The van der Waals surface area contributed by atoms with Gasteiger partial charge in [0.15, 0.2) is 0 Å². The SMILES string of the molecule is Cl.Nc1c(Cl)cc(C(=O)NC2CCN3CCCC2C3)c2c1CCO2. The molecule has 1 aromatic rings. The normalized spacial score (nSPS) is 27.6. The first-order chi connectivity index (χ1) is 11.1. The number of hydrogen-bond donors (Lipinski definition) is 2. The Morgan fingerprint density at radius 2 is 2.21 bits per heavy atom. The average Bonchev–Trinajstić information content (AvgIpc) is 3.04. The quantitative estimate of drug-likeness (QED) is 0.783. The van der Waals surface area contributed by atoms with Crippen LogP contribution in [-0.4, -0.2) is 43.1 Å². The van der Waals surface area contributed by atoms with Gasteiger partial charge in [-0.1, -0.05) is 11.6 Å². The number of piperidine rings is 2. The fraction of sp³-hybridized carbons (Fsp3) is 0.588. The van der Waals surface area contributed by atoms with Crippen molar-refractivity contribution in [3.05, 3.63) is 22.2 Å². The smallest absolute Gasteiger partial charge is 0.255 e. The Balaban J connectivity index is 0.00000169. The number of rotatable bonds is 2. The Morgan fingerprint density at radius 1 is 1.38 bits per heavy atom. The van der Waals surface area contributed by atoms with Crippen LogP contribution >= 0.6 is 24.0 Å². The zero-order valence-corrected chi connectivity index (χ0v) is 15.1. The standard InChI is InChI=1S/C17H22ClN3O2.ClH/c18-13-8-12(16-11(15(13)19)4-7-23-16)17(22)20-14-3-6-21-5-1-2-10(14)9-21;/h8,10,14H,1-7,9,19H2,(H,20,22);1H. The van der Waals surface area contributed by atoms with Crippen LogP contribution in [0.5, 0.6) is 5.75 Å². The molecule has 1 amide bonds. The Hall–Kier alpha value is -1.17. The summed E-state index contributed by atoms with van der Waals surface area (Å²) in [6, 6.07) is 1.89. The molecule has 3 unspecified atom stereocenters. The lowest BCUT2D eigenvalue weighted by molar-refractivity contribution is 0.0737. The van der Waals surface area contributed by atoms with Gasteiger partial charge >= 0.3 is 0 Å². The minimum atomic E-state index is -0.0888. The molecule has 7 heteroatoms. The predicted octanol–water partition coefficient (Wildman–Crippen LogP) is 2.49. The molecule has 0 aromatic heterocycles. The molecule has 4 rings (SSSR count). The minimum Gasteiger partial charge on any atom is -0.492 e. The number of amides is 1. The number of nitrogen functional groups attached to an aromatic ring is 1. The van der Waals surface area contributed by atoms with Crippen LogP contribution in [-0.2, 0) is 6.42 Å². The maximum absolute atomic E-state index is 12.8. The highest BCUT2D eigenvalue weighted by molar-refractivity contribution is 6.33. The molecule has 1 aromatic carbocycles. The third-order valence-corrected chi connectivity index (χ3v) is 5.71. The summed E-state index contributed by atoms with van der Waals surface area (Å²) in [6.07, 6.45) is 4.15. The summed E-state index contributed by atoms with van der Waals surface area (Å²) in [5, 5.41) is 3.66. The third-order valence-electron chi connectivity index (χ3n) is 5.40. The van der Waals surface area contributed by atoms with Crippen LogP contribution in [0.25, 0.3) is 0 Å². The Labute approximate surface area is 153 Å². The number of halogens is 2. The molecule has 3 heterocycles. The first kappa shape index (κ1) is 17.6. The van der Waals surface area contributed by atoms with Gasteiger partial charge in [0.1, 0.15) is 5.75 Å². The van der Waals surface area contributed by atoms with Gasteiger partial charge in [-0.2, -0.15) is 0 Å². The minimum absolute atomic E-state index is 0. The highest BCUT2D eigenvalue weighted by Gasteiger charge is 2.34. The van der Waals surface area contributed by atoms with E-state index in [4.69, 9.17) is 22.1 Å². The molecule has 132 valence electrons. The number of benzene rings is 1. The topological polar surface area (TPSA) is 67.6 Å². The van der Waals surface area contributed by atoms with Crippen LogP contribution in [0.1, 0.15) is 35.2 Å². The van der Waals surface area contributed by atoms with Gasteiger partial charge in [0.25, 0.3) is 5.91 Å². The van der Waals surface area contributed by atoms with E-state index in [0.717, 1.165) is 25.1 Å². The van der Waals surface area contributed by atoms with Gasteiger partial charge < -0.3 is 20.7 Å². The van der Waals surface area contributed by atoms with E-state index in [-0.39, 0.29) is 24.4 Å². The molecular formula is C17H23Cl2N3O2. The van der Waals surface area contributed by atoms with E-state index in [1.807, 2.05) is 0 Å². The molecule has 0 aliphatic carbocycles. The van der Waals surface area contributed by atoms with E-state index >= 15 is 0 Å². The summed E-state index contributed by atoms with van der Waals surface area (Å²) in [6.45, 7) is 3.92. The van der Waals surface area contributed by atoms with E-state index < -0.39 is 0 Å². The maximum Gasteiger partial charge on any atom is 0.255 e. The van der Waals surface area contributed by atoms with E-state index in [1.54, 1.807) is 6.07 Å². The van der Waals surface area contributed by atoms with Crippen molar-refractivity contribution in [3.63, 3.8) is 0 Å². The number of carbonyl (C=O) groups excluding carboxylic acids is 1. The van der Waals surface area contributed by atoms with E-state index in [0.29, 0.717) is 41.0 Å². The van der Waals surface area contributed by atoms with Crippen molar-refractivity contribution in [1.29, 1.82) is 0 Å². The molecular weight excluding hydrogens is 349 g/mol. The zero-order valence-electron chi connectivity index (χ0n) is 13.5. The van der Waals surface area contributed by atoms with Gasteiger partial charge in [-0.05, 0) is 37.8 Å². The van der Waals surface area contributed by atoms with Crippen LogP contribution < -0.4 is 15.8 Å². The van der Waals surface area contributed by atoms with E-state index in [2.05, 4.69) is 10.2 Å². The number of nitrogens with zero attached hydrogens (tertiary/aromatic N) is 1. The Kier molecular flexibility index (Phi) is 5.13. The van der Waals surface area contributed by atoms with Gasteiger partial charge in [-0.25, -0.2) is 0 Å². The largest absolute Gasteiger partial charge is 0.492 e. The van der Waals surface area contributed by atoms with Gasteiger partial charge in [0, 0.05) is 31.1 Å². The highest BCUT2D eigenvalue weighted by Crippen LogP contribution is 2.39. The fourth-order valence-electron chi connectivity index (χ4n) is 4.15. The van der Waals surface area contributed by atoms with Gasteiger partial charge in [-0.3, -0.25) is 4.79 Å². The monoisotopic (exact) mass is 371 g/mol. The number of ether oxygens (including phenoxy) is 1. The van der Waals surface area contributed by atoms with Crippen molar-refractivity contribution in [3.8, 4) is 5.75 Å². The molecule has 0 radical (unpaired) electrons. The molecule has 24 heavy (non-hydrogen) atoms. The van der Waals surface area contributed by atoms with Crippen molar-refractivity contribution in [1.82, 2.24) is 10.2 Å². The maximum atomic E-state index is 12.8. The lowest BCUT2D eigenvalue weighted by atomic mass is 9.85. The highest BCUT2D eigenvalue weighted by atomic mass is 35.5. The van der Waals surface area contributed by atoms with Crippen LogP contribution in [0.4, 0.5) is 5.69 Å². The van der Waals surface area contributed by atoms with Crippen molar-refractivity contribution in [2.75, 3.05) is 32.0 Å². The first-order valence-electron chi connectivity index (χ1n) is 8.40. The molecule has 0 spiro atoms. The second kappa shape index (κ2) is 6.98. The van der Waals surface area contributed by atoms with E-state index in [9.17, 15) is 4.79 Å². The number of fused-ring (bicyclic) bond motifs is 3. The fourth-order valence-corrected chi connectivity index (χ4v) is 4.38. The molecule has 3 atom stereocenters. The summed E-state index contributed by atoms with van der Waals surface area (Å²) >= 11 is 6.20. The number of nitrogens with one attached hydrogen (secondary N) is 1. The molecule has 2 bridgehead atoms. The summed E-state index contributed by atoms with van der Waals surface area (Å²) in [4.78, 5) is 15.3. The molecule has 2 fully saturated rings. The van der Waals surface area contributed by atoms with Gasteiger partial charge in [0.2, 0.25) is 0 Å². The van der Waals surface area contributed by atoms with Crippen molar-refractivity contribution in [2.45, 2.75) is 31.7 Å². The van der Waals surface area contributed by atoms with Crippen LogP contribution in [0.15, 0.2) is 6.07 Å². The molecule has 5 nitrogen and oxygen atoms in total. The van der Waals surface area contributed by atoms with Crippen molar-refractivity contribution < 1.29 is 9.53 Å². The average molecular weight is 372 g/mol. The lowest BCUT2D eigenvalue weighted by Gasteiger charge is -2.42. The number of nitrogens with two attached hydrogens (primary N) is 1. The van der Waals surface area contributed by atoms with Crippen molar-refractivity contribution in [2.24, 2.45) is 5.92 Å². The Morgan fingerprint density at radius 3 is 3.04 bits per heavy atom. The van der Waals surface area contributed by atoms with Crippen LogP contribution in [0.2, 0.25) is 5.02 Å². The molecule has 0 saturated carbocycles. The van der Waals surface area contributed by atoms with Gasteiger partial charge in [-0.15, -0.1) is 12.4 Å². The van der Waals surface area contributed by atoms with Crippen LogP contribution in [0.3, 0.4) is 0 Å². The number of carbonyl (C=O) groups is 1. The van der Waals surface area contributed by atoms with E-state index in [1.165, 1.54) is 19.4 Å². The lowest BCUT2D eigenvalue weighted by Crippen LogP contribution is -2.53. The summed E-state index contributed by atoms with van der Waals surface area (Å²) in [5.41, 5.74) is 7.94. The summed E-state index contributed by atoms with van der Waals surface area (Å²) < 4.78 is 5.65. The predicted molar refractivity (Wildman–Crippen MR) is 97.3 cm³/mol. The van der Waals surface area contributed by atoms with Gasteiger partial charge in [0.05, 0.1) is 22.9 Å². The summed E-state index contributed by atoms with van der Waals surface area (Å²) in [5.74, 6) is 1.08. The second-order valence-electron chi connectivity index (χ2n) is 6.80. The Bertz CT molecular complexity index is 653. The number of hydrogen-bond acceptors (Lipinski definition) is 4. The zero-order chi connectivity index (χ0) is 16.0. The van der Waals surface area contributed by atoms with Crippen molar-refractivity contribution >= 4 is 35.6 Å². The first-order valence-corrected chi connectivity index (χ1v) is 8.78. The summed E-state index contributed by atoms with van der Waals surface area (Å²) in [7, 11) is 0. The molecule has 3 aliphatic rings. The number of anilines is 1. The second-order valence-corrected chi connectivity index (χ2v) is 7.20. The third kappa shape index (κ3) is 3.05.